The Hall–Kier alpha value is -2.21. The van der Waals surface area contributed by atoms with Crippen LogP contribution in [0.25, 0.3) is 0 Å². The number of hydrogen-bond acceptors (Lipinski definition) is 4. The average molecular weight is 355 g/mol. The highest BCUT2D eigenvalue weighted by Crippen LogP contribution is 2.27. The predicted octanol–water partition coefficient (Wildman–Crippen LogP) is 3.51. The summed E-state index contributed by atoms with van der Waals surface area (Å²) in [5.74, 6) is 0. The van der Waals surface area contributed by atoms with E-state index in [2.05, 4.69) is 39.5 Å². The number of aromatic nitrogens is 3. The lowest BCUT2D eigenvalue weighted by Gasteiger charge is -2.20. The van der Waals surface area contributed by atoms with E-state index in [1.807, 2.05) is 41.2 Å². The van der Waals surface area contributed by atoms with Gasteiger partial charge in [-0.15, -0.1) is 5.10 Å². The van der Waals surface area contributed by atoms with Crippen molar-refractivity contribution in [3.05, 3.63) is 82.6 Å². The average Bonchev–Trinajstić information content (AvgIpc) is 3.27. The van der Waals surface area contributed by atoms with Gasteiger partial charge in [0.25, 0.3) is 0 Å². The third kappa shape index (κ3) is 3.90. The van der Waals surface area contributed by atoms with Gasteiger partial charge in [-0.25, -0.2) is 4.68 Å². The Morgan fingerprint density at radius 3 is 2.56 bits per heavy atom. The van der Waals surface area contributed by atoms with Gasteiger partial charge in [0.05, 0.1) is 19.3 Å². The van der Waals surface area contributed by atoms with E-state index in [9.17, 15) is 0 Å². The first kappa shape index (κ1) is 16.3. The summed E-state index contributed by atoms with van der Waals surface area (Å²) < 4.78 is 7.73. The molecule has 2 heterocycles. The normalized spacial score (nSPS) is 17.9. The van der Waals surface area contributed by atoms with Crippen LogP contribution >= 0.6 is 11.6 Å². The number of hydrogen-bond donors (Lipinski definition) is 0. The Bertz CT molecular complexity index is 819. The minimum absolute atomic E-state index is 0.140. The number of ether oxygens (including phenoxy) is 1. The van der Waals surface area contributed by atoms with Crippen molar-refractivity contribution in [2.24, 2.45) is 0 Å². The van der Waals surface area contributed by atoms with Gasteiger partial charge in [0.1, 0.15) is 5.69 Å². The van der Waals surface area contributed by atoms with Crippen molar-refractivity contribution in [1.82, 2.24) is 19.9 Å². The predicted molar refractivity (Wildman–Crippen MR) is 96.1 cm³/mol. The molecule has 25 heavy (non-hydrogen) atoms. The fourth-order valence-electron chi connectivity index (χ4n) is 3.04. The van der Waals surface area contributed by atoms with Crippen LogP contribution < -0.4 is 0 Å². The zero-order valence-electron chi connectivity index (χ0n) is 13.8. The van der Waals surface area contributed by atoms with E-state index in [0.717, 1.165) is 29.4 Å². The molecule has 1 fully saturated rings. The van der Waals surface area contributed by atoms with Gasteiger partial charge in [-0.05, 0) is 23.3 Å². The van der Waals surface area contributed by atoms with Crippen molar-refractivity contribution in [3.8, 4) is 0 Å². The molecular formula is C19H19ClN4O. The van der Waals surface area contributed by atoms with E-state index in [0.29, 0.717) is 13.2 Å². The van der Waals surface area contributed by atoms with Gasteiger partial charge in [-0.2, -0.15) is 0 Å². The molecular weight excluding hydrogens is 336 g/mol. The molecule has 3 aromatic rings. The summed E-state index contributed by atoms with van der Waals surface area (Å²) in [6.45, 7) is 3.11. The van der Waals surface area contributed by atoms with Crippen LogP contribution in [0.4, 0.5) is 0 Å². The highest BCUT2D eigenvalue weighted by Gasteiger charge is 2.29. The maximum absolute atomic E-state index is 5.93. The van der Waals surface area contributed by atoms with Crippen molar-refractivity contribution in [2.45, 2.75) is 19.3 Å². The summed E-state index contributed by atoms with van der Waals surface area (Å²) >= 11 is 5.93. The molecule has 0 bridgehead atoms. The molecule has 1 saturated heterocycles. The van der Waals surface area contributed by atoms with Gasteiger partial charge in [-0.1, -0.05) is 59.3 Å². The minimum atomic E-state index is -0.140. The molecule has 0 radical (unpaired) electrons. The highest BCUT2D eigenvalue weighted by molar-refractivity contribution is 6.30. The van der Waals surface area contributed by atoms with Crippen LogP contribution in [0.5, 0.6) is 0 Å². The van der Waals surface area contributed by atoms with Crippen LogP contribution in [0.15, 0.2) is 60.8 Å². The molecule has 1 aromatic heterocycles. The molecule has 1 aliphatic heterocycles. The lowest BCUT2D eigenvalue weighted by atomic mass is 10.2. The minimum Gasteiger partial charge on any atom is -0.356 e. The summed E-state index contributed by atoms with van der Waals surface area (Å²) in [7, 11) is 0. The molecule has 0 saturated carbocycles. The van der Waals surface area contributed by atoms with E-state index in [1.165, 1.54) is 5.56 Å². The standard InChI is InChI=1S/C19H19ClN4O/c20-17-8-6-16(7-9-17)13-24-14-18(21-22-24)19-23(10-11-25-19)12-15-4-2-1-3-5-15/h1-9,14,19H,10-13H2/t19-/m0/s1. The molecule has 0 aliphatic carbocycles. The SMILES string of the molecule is Clc1ccc(Cn2cc([C@@H]3OCCN3Cc3ccccc3)nn2)cc1. The molecule has 5 nitrogen and oxygen atoms in total. The quantitative estimate of drug-likeness (QED) is 0.703. The maximum Gasteiger partial charge on any atom is 0.157 e. The van der Waals surface area contributed by atoms with Crippen LogP contribution in [0.1, 0.15) is 23.0 Å². The molecule has 0 spiro atoms. The van der Waals surface area contributed by atoms with E-state index in [-0.39, 0.29) is 6.23 Å². The first-order chi connectivity index (χ1) is 12.3. The van der Waals surface area contributed by atoms with Gasteiger partial charge < -0.3 is 4.74 Å². The van der Waals surface area contributed by atoms with Crippen LogP contribution in [-0.4, -0.2) is 33.0 Å². The number of halogens is 1. The van der Waals surface area contributed by atoms with Crippen LogP contribution in [0.2, 0.25) is 5.02 Å². The third-order valence-electron chi connectivity index (χ3n) is 4.28. The summed E-state index contributed by atoms with van der Waals surface area (Å²) in [4.78, 5) is 2.28. The largest absolute Gasteiger partial charge is 0.356 e. The van der Waals surface area contributed by atoms with Crippen molar-refractivity contribution in [1.29, 1.82) is 0 Å². The Morgan fingerprint density at radius 2 is 1.76 bits per heavy atom. The molecule has 4 rings (SSSR count). The monoisotopic (exact) mass is 354 g/mol. The second kappa shape index (κ2) is 7.35. The second-order valence-electron chi connectivity index (χ2n) is 6.15. The molecule has 128 valence electrons. The summed E-state index contributed by atoms with van der Waals surface area (Å²) in [5.41, 5.74) is 3.25. The number of rotatable bonds is 5. The van der Waals surface area contributed by atoms with Gasteiger partial charge in [0.15, 0.2) is 6.23 Å². The topological polar surface area (TPSA) is 43.2 Å². The zero-order chi connectivity index (χ0) is 17.1. The summed E-state index contributed by atoms with van der Waals surface area (Å²) in [6.07, 6.45) is 1.82. The van der Waals surface area contributed by atoms with Crippen molar-refractivity contribution >= 4 is 11.6 Å². The lowest BCUT2D eigenvalue weighted by molar-refractivity contribution is 0.0252. The second-order valence-corrected chi connectivity index (χ2v) is 6.58. The maximum atomic E-state index is 5.93. The highest BCUT2D eigenvalue weighted by atomic mass is 35.5. The van der Waals surface area contributed by atoms with Crippen molar-refractivity contribution in [3.63, 3.8) is 0 Å². The van der Waals surface area contributed by atoms with Crippen molar-refractivity contribution < 1.29 is 4.74 Å². The Balaban J connectivity index is 1.46. The first-order valence-electron chi connectivity index (χ1n) is 8.32. The van der Waals surface area contributed by atoms with Crippen molar-refractivity contribution in [2.75, 3.05) is 13.2 Å². The van der Waals surface area contributed by atoms with Crippen LogP contribution in [-0.2, 0) is 17.8 Å². The number of nitrogens with zero attached hydrogens (tertiary/aromatic N) is 4. The molecule has 1 atom stereocenters. The molecule has 6 heteroatoms. The van der Waals surface area contributed by atoms with Gasteiger partial charge in [-0.3, -0.25) is 4.90 Å². The number of benzene rings is 2. The molecule has 0 amide bonds. The van der Waals surface area contributed by atoms with E-state index >= 15 is 0 Å². The van der Waals surface area contributed by atoms with Crippen LogP contribution in [0, 0.1) is 0 Å². The lowest BCUT2D eigenvalue weighted by Crippen LogP contribution is -2.23. The molecule has 0 N–H and O–H groups in total. The van der Waals surface area contributed by atoms with E-state index in [4.69, 9.17) is 16.3 Å². The van der Waals surface area contributed by atoms with Gasteiger partial charge in [0.2, 0.25) is 0 Å². The van der Waals surface area contributed by atoms with E-state index < -0.39 is 0 Å². The molecule has 1 aliphatic rings. The summed E-state index contributed by atoms with van der Waals surface area (Å²) in [6, 6.07) is 18.2. The summed E-state index contributed by atoms with van der Waals surface area (Å²) in [5, 5.41) is 9.31. The fourth-order valence-corrected chi connectivity index (χ4v) is 3.16. The first-order valence-corrected chi connectivity index (χ1v) is 8.70. The fraction of sp³-hybridized carbons (Fsp3) is 0.263. The van der Waals surface area contributed by atoms with E-state index in [1.54, 1.807) is 0 Å². The Kier molecular flexibility index (Phi) is 4.78. The van der Waals surface area contributed by atoms with Crippen LogP contribution in [0.3, 0.4) is 0 Å². The zero-order valence-corrected chi connectivity index (χ0v) is 14.5. The van der Waals surface area contributed by atoms with Gasteiger partial charge in [0, 0.05) is 18.1 Å². The Labute approximate surface area is 151 Å². The Morgan fingerprint density at radius 1 is 1.00 bits per heavy atom. The third-order valence-corrected chi connectivity index (χ3v) is 4.53. The van der Waals surface area contributed by atoms with Gasteiger partial charge >= 0.3 is 0 Å². The molecule has 0 unspecified atom stereocenters. The smallest absolute Gasteiger partial charge is 0.157 e. The molecule has 2 aromatic carbocycles.